The number of amides is 2. The number of aryl methyl sites for hydroxylation is 1. The zero-order valence-corrected chi connectivity index (χ0v) is 12.9. The maximum Gasteiger partial charge on any atom is 0.319 e. The van der Waals surface area contributed by atoms with Crippen LogP contribution in [0.2, 0.25) is 0 Å². The number of nitrogens with one attached hydrogen (secondary N) is 2. The molecular weight excluding hydrogens is 252 g/mol. The number of urea groups is 1. The fraction of sp³-hybridized carbons (Fsp3) is 0.438. The molecule has 20 heavy (non-hydrogen) atoms. The Bertz CT molecular complexity index is 491. The van der Waals surface area contributed by atoms with E-state index in [0.717, 1.165) is 22.4 Å². The van der Waals surface area contributed by atoms with E-state index in [1.54, 1.807) is 6.20 Å². The van der Waals surface area contributed by atoms with E-state index in [1.165, 1.54) is 0 Å². The summed E-state index contributed by atoms with van der Waals surface area (Å²) < 4.78 is 5.61. The lowest BCUT2D eigenvalue weighted by Crippen LogP contribution is -2.34. The van der Waals surface area contributed by atoms with Crippen LogP contribution in [0.3, 0.4) is 0 Å². The van der Waals surface area contributed by atoms with Crippen LogP contribution in [0.1, 0.15) is 44.9 Å². The van der Waals surface area contributed by atoms with Gasteiger partial charge in [-0.3, -0.25) is 0 Å². The maximum atomic E-state index is 11.8. The molecular formula is C16H24N2O2. The first-order chi connectivity index (χ1) is 9.43. The summed E-state index contributed by atoms with van der Waals surface area (Å²) in [5, 5.41) is 5.60. The molecule has 0 fully saturated rings. The van der Waals surface area contributed by atoms with E-state index in [1.807, 2.05) is 52.8 Å². The van der Waals surface area contributed by atoms with Crippen LogP contribution < -0.4 is 15.4 Å². The van der Waals surface area contributed by atoms with Crippen LogP contribution in [-0.4, -0.2) is 12.6 Å². The molecule has 0 bridgehead atoms. The lowest BCUT2D eigenvalue weighted by atomic mass is 10.0. The SMILES string of the molecule is CCOc1ccc(C)cc1C(C)NC(=O)NC=C(C)C. The molecule has 0 aromatic heterocycles. The minimum atomic E-state index is -0.220. The van der Waals surface area contributed by atoms with Crippen LogP contribution >= 0.6 is 0 Å². The van der Waals surface area contributed by atoms with Crippen molar-refractivity contribution in [2.75, 3.05) is 6.61 Å². The van der Waals surface area contributed by atoms with Crippen LogP contribution in [0.25, 0.3) is 0 Å². The summed E-state index contributed by atoms with van der Waals surface area (Å²) in [6.07, 6.45) is 1.68. The van der Waals surface area contributed by atoms with E-state index in [-0.39, 0.29) is 12.1 Å². The topological polar surface area (TPSA) is 50.4 Å². The van der Waals surface area contributed by atoms with E-state index in [2.05, 4.69) is 10.6 Å². The van der Waals surface area contributed by atoms with Crippen LogP contribution in [0, 0.1) is 6.92 Å². The molecule has 0 spiro atoms. The molecule has 1 atom stereocenters. The van der Waals surface area contributed by atoms with Crippen molar-refractivity contribution in [3.63, 3.8) is 0 Å². The molecule has 2 N–H and O–H groups in total. The van der Waals surface area contributed by atoms with Crippen molar-refractivity contribution in [2.24, 2.45) is 0 Å². The minimum absolute atomic E-state index is 0.123. The van der Waals surface area contributed by atoms with Crippen molar-refractivity contribution < 1.29 is 9.53 Å². The molecule has 0 aliphatic heterocycles. The van der Waals surface area contributed by atoms with Crippen molar-refractivity contribution in [2.45, 2.75) is 40.7 Å². The number of rotatable bonds is 5. The highest BCUT2D eigenvalue weighted by atomic mass is 16.5. The smallest absolute Gasteiger partial charge is 0.319 e. The van der Waals surface area contributed by atoms with Gasteiger partial charge in [0, 0.05) is 11.8 Å². The van der Waals surface area contributed by atoms with Crippen LogP contribution in [0.5, 0.6) is 5.75 Å². The number of allylic oxidation sites excluding steroid dienone is 1. The Labute approximate surface area is 121 Å². The normalized spacial score (nSPS) is 11.4. The second-order valence-corrected chi connectivity index (χ2v) is 5.04. The zero-order chi connectivity index (χ0) is 15.1. The number of carbonyl (C=O) groups excluding carboxylic acids is 1. The van der Waals surface area contributed by atoms with Crippen molar-refractivity contribution in [3.05, 3.63) is 41.1 Å². The number of hydrogen-bond acceptors (Lipinski definition) is 2. The van der Waals surface area contributed by atoms with Crippen molar-refractivity contribution >= 4 is 6.03 Å². The van der Waals surface area contributed by atoms with Crippen molar-refractivity contribution in [1.82, 2.24) is 10.6 Å². The molecule has 0 radical (unpaired) electrons. The predicted octanol–water partition coefficient (Wildman–Crippen LogP) is 3.68. The zero-order valence-electron chi connectivity index (χ0n) is 12.9. The number of ether oxygens (including phenoxy) is 1. The Hall–Kier alpha value is -1.97. The summed E-state index contributed by atoms with van der Waals surface area (Å²) in [4.78, 5) is 11.8. The first-order valence-electron chi connectivity index (χ1n) is 6.87. The van der Waals surface area contributed by atoms with Crippen LogP contribution in [-0.2, 0) is 0 Å². The fourth-order valence-corrected chi connectivity index (χ4v) is 1.82. The second kappa shape index (κ2) is 7.58. The van der Waals surface area contributed by atoms with E-state index in [0.29, 0.717) is 6.61 Å². The number of benzene rings is 1. The Morgan fingerprint density at radius 1 is 1.40 bits per heavy atom. The quantitative estimate of drug-likeness (QED) is 0.862. The molecule has 4 nitrogen and oxygen atoms in total. The van der Waals surface area contributed by atoms with Gasteiger partial charge in [-0.2, -0.15) is 0 Å². The molecule has 0 aliphatic carbocycles. The van der Waals surface area contributed by atoms with Gasteiger partial charge in [0.05, 0.1) is 12.6 Å². The monoisotopic (exact) mass is 276 g/mol. The van der Waals surface area contributed by atoms with Gasteiger partial charge >= 0.3 is 6.03 Å². The summed E-state index contributed by atoms with van der Waals surface area (Å²) in [6, 6.07) is 5.64. The summed E-state index contributed by atoms with van der Waals surface area (Å²) in [5.74, 6) is 0.813. The van der Waals surface area contributed by atoms with Gasteiger partial charge in [0.2, 0.25) is 0 Å². The van der Waals surface area contributed by atoms with Gasteiger partial charge in [-0.15, -0.1) is 0 Å². The summed E-state index contributed by atoms with van der Waals surface area (Å²) in [5.41, 5.74) is 3.17. The second-order valence-electron chi connectivity index (χ2n) is 5.04. The van der Waals surface area contributed by atoms with E-state index in [9.17, 15) is 4.79 Å². The Morgan fingerprint density at radius 3 is 2.70 bits per heavy atom. The molecule has 1 aromatic rings. The highest BCUT2D eigenvalue weighted by Crippen LogP contribution is 2.26. The highest BCUT2D eigenvalue weighted by molar-refractivity contribution is 5.75. The number of hydrogen-bond donors (Lipinski definition) is 2. The van der Waals surface area contributed by atoms with Crippen molar-refractivity contribution in [1.29, 1.82) is 0 Å². The van der Waals surface area contributed by atoms with Crippen LogP contribution in [0.15, 0.2) is 30.0 Å². The van der Waals surface area contributed by atoms with Crippen LogP contribution in [0.4, 0.5) is 4.79 Å². The third-order valence-electron chi connectivity index (χ3n) is 2.77. The molecule has 0 saturated carbocycles. The van der Waals surface area contributed by atoms with Gasteiger partial charge in [0.25, 0.3) is 0 Å². The summed E-state index contributed by atoms with van der Waals surface area (Å²) in [7, 11) is 0. The molecule has 0 saturated heterocycles. The van der Waals surface area contributed by atoms with Crippen molar-refractivity contribution in [3.8, 4) is 5.75 Å². The molecule has 1 unspecified atom stereocenters. The first kappa shape index (κ1) is 16.1. The van der Waals surface area contributed by atoms with Gasteiger partial charge in [-0.05, 0) is 40.7 Å². The molecule has 0 heterocycles. The Balaban J connectivity index is 2.80. The standard InChI is InChI=1S/C16H24N2O2/c1-6-20-15-8-7-12(4)9-14(15)13(5)18-16(19)17-10-11(2)3/h7-10,13H,6H2,1-5H3,(H2,17,18,19). The number of carbonyl (C=O) groups is 1. The molecule has 110 valence electrons. The van der Waals surface area contributed by atoms with E-state index >= 15 is 0 Å². The summed E-state index contributed by atoms with van der Waals surface area (Å²) >= 11 is 0. The lowest BCUT2D eigenvalue weighted by Gasteiger charge is -2.18. The van der Waals surface area contributed by atoms with E-state index < -0.39 is 0 Å². The van der Waals surface area contributed by atoms with Gasteiger partial charge in [-0.1, -0.05) is 23.3 Å². The third-order valence-corrected chi connectivity index (χ3v) is 2.77. The van der Waals surface area contributed by atoms with Gasteiger partial charge in [0.15, 0.2) is 0 Å². The summed E-state index contributed by atoms with van der Waals surface area (Å²) in [6.45, 7) is 10.4. The highest BCUT2D eigenvalue weighted by Gasteiger charge is 2.14. The van der Waals surface area contributed by atoms with Gasteiger partial charge < -0.3 is 15.4 Å². The molecule has 1 aromatic carbocycles. The van der Waals surface area contributed by atoms with Gasteiger partial charge in [0.1, 0.15) is 5.75 Å². The molecule has 4 heteroatoms. The molecule has 0 aliphatic rings. The average molecular weight is 276 g/mol. The Kier molecular flexibility index (Phi) is 6.10. The fourth-order valence-electron chi connectivity index (χ4n) is 1.82. The average Bonchev–Trinajstić information content (AvgIpc) is 2.38. The predicted molar refractivity (Wildman–Crippen MR) is 81.9 cm³/mol. The minimum Gasteiger partial charge on any atom is -0.494 e. The lowest BCUT2D eigenvalue weighted by molar-refractivity contribution is 0.240. The third kappa shape index (κ3) is 4.96. The largest absolute Gasteiger partial charge is 0.494 e. The Morgan fingerprint density at radius 2 is 2.10 bits per heavy atom. The molecule has 1 rings (SSSR count). The first-order valence-corrected chi connectivity index (χ1v) is 6.87. The maximum absolute atomic E-state index is 11.8. The van der Waals surface area contributed by atoms with E-state index in [4.69, 9.17) is 4.74 Å². The molecule has 2 amide bonds. The van der Waals surface area contributed by atoms with Gasteiger partial charge in [-0.25, -0.2) is 4.79 Å².